The molecule has 0 spiro atoms. The standard InChI is InChI=1S/C13H24/c1-7-13(6)9-11(3)10(2)8-12(13,4)5/h8,11H,7,9H2,1-6H3/t11-,13?/m0/s1. The van der Waals surface area contributed by atoms with Gasteiger partial charge in [0.25, 0.3) is 0 Å². The summed E-state index contributed by atoms with van der Waals surface area (Å²) in [5.41, 5.74) is 2.44. The van der Waals surface area contributed by atoms with Gasteiger partial charge in [-0.15, -0.1) is 0 Å². The number of hydrogen-bond acceptors (Lipinski definition) is 0. The molecular formula is C13H24. The summed E-state index contributed by atoms with van der Waals surface area (Å²) in [5.74, 6) is 0.776. The van der Waals surface area contributed by atoms with E-state index in [0.717, 1.165) is 5.92 Å². The smallest absolute Gasteiger partial charge is 0.0118 e. The molecule has 76 valence electrons. The van der Waals surface area contributed by atoms with Gasteiger partial charge in [-0.3, -0.25) is 0 Å². The number of rotatable bonds is 1. The zero-order chi connectivity index (χ0) is 10.3. The molecule has 0 fully saturated rings. The third-order valence-electron chi connectivity index (χ3n) is 4.46. The summed E-state index contributed by atoms with van der Waals surface area (Å²) >= 11 is 0. The molecule has 0 aromatic heterocycles. The van der Waals surface area contributed by atoms with Crippen molar-refractivity contribution in [1.29, 1.82) is 0 Å². The highest BCUT2D eigenvalue weighted by Gasteiger charge is 2.42. The Labute approximate surface area is 83.4 Å². The first-order valence-corrected chi connectivity index (χ1v) is 5.52. The Morgan fingerprint density at radius 1 is 1.38 bits per heavy atom. The third-order valence-corrected chi connectivity index (χ3v) is 4.46. The van der Waals surface area contributed by atoms with Crippen molar-refractivity contribution in [3.05, 3.63) is 11.6 Å². The lowest BCUT2D eigenvalue weighted by Crippen LogP contribution is -2.38. The molecular weight excluding hydrogens is 156 g/mol. The van der Waals surface area contributed by atoms with Crippen LogP contribution in [-0.4, -0.2) is 0 Å². The normalized spacial score (nSPS) is 38.6. The van der Waals surface area contributed by atoms with Gasteiger partial charge in [0.15, 0.2) is 0 Å². The van der Waals surface area contributed by atoms with E-state index in [9.17, 15) is 0 Å². The molecule has 0 amide bonds. The fourth-order valence-electron chi connectivity index (χ4n) is 2.59. The fraction of sp³-hybridized carbons (Fsp3) is 0.846. The first-order valence-electron chi connectivity index (χ1n) is 5.52. The van der Waals surface area contributed by atoms with Gasteiger partial charge >= 0.3 is 0 Å². The Balaban J connectivity index is 3.05. The van der Waals surface area contributed by atoms with Crippen molar-refractivity contribution < 1.29 is 0 Å². The van der Waals surface area contributed by atoms with Crippen molar-refractivity contribution in [2.45, 2.75) is 54.4 Å². The minimum atomic E-state index is 0.373. The topological polar surface area (TPSA) is 0 Å². The summed E-state index contributed by atoms with van der Waals surface area (Å²) in [6.07, 6.45) is 5.12. The molecule has 0 bridgehead atoms. The van der Waals surface area contributed by atoms with E-state index in [1.165, 1.54) is 12.8 Å². The molecule has 1 aliphatic carbocycles. The molecule has 0 heterocycles. The van der Waals surface area contributed by atoms with Crippen molar-refractivity contribution in [3.8, 4) is 0 Å². The van der Waals surface area contributed by atoms with Crippen LogP contribution >= 0.6 is 0 Å². The van der Waals surface area contributed by atoms with E-state index in [1.54, 1.807) is 5.57 Å². The molecule has 1 aliphatic rings. The van der Waals surface area contributed by atoms with E-state index < -0.39 is 0 Å². The molecule has 0 nitrogen and oxygen atoms in total. The largest absolute Gasteiger partial charge is 0.0791 e. The van der Waals surface area contributed by atoms with Gasteiger partial charge in [-0.05, 0) is 36.5 Å². The molecule has 0 N–H and O–H groups in total. The Hall–Kier alpha value is -0.260. The maximum Gasteiger partial charge on any atom is -0.0118 e. The maximum absolute atomic E-state index is 2.49. The number of hydrogen-bond donors (Lipinski definition) is 0. The lowest BCUT2D eigenvalue weighted by molar-refractivity contribution is 0.0887. The predicted molar refractivity (Wildman–Crippen MR) is 59.7 cm³/mol. The lowest BCUT2D eigenvalue weighted by Gasteiger charge is -2.48. The summed E-state index contributed by atoms with van der Waals surface area (Å²) in [7, 11) is 0. The second-order valence-electron chi connectivity index (χ2n) is 5.63. The summed E-state index contributed by atoms with van der Waals surface area (Å²) in [6, 6.07) is 0. The highest BCUT2D eigenvalue weighted by Crippen LogP contribution is 2.52. The Kier molecular flexibility index (Phi) is 2.62. The zero-order valence-electron chi connectivity index (χ0n) is 10.1. The van der Waals surface area contributed by atoms with E-state index in [-0.39, 0.29) is 0 Å². The van der Waals surface area contributed by atoms with E-state index in [0.29, 0.717) is 10.8 Å². The van der Waals surface area contributed by atoms with Gasteiger partial charge in [0.2, 0.25) is 0 Å². The average molecular weight is 180 g/mol. The second kappa shape index (κ2) is 3.15. The second-order valence-corrected chi connectivity index (χ2v) is 5.63. The lowest BCUT2D eigenvalue weighted by atomic mass is 9.57. The molecule has 13 heavy (non-hydrogen) atoms. The average Bonchev–Trinajstić information content (AvgIpc) is 2.00. The van der Waals surface area contributed by atoms with Crippen molar-refractivity contribution in [1.82, 2.24) is 0 Å². The molecule has 2 atom stereocenters. The summed E-state index contributed by atoms with van der Waals surface area (Å²) in [5, 5.41) is 0. The molecule has 0 saturated carbocycles. The molecule has 0 radical (unpaired) electrons. The summed E-state index contributed by atoms with van der Waals surface area (Å²) in [4.78, 5) is 0. The van der Waals surface area contributed by atoms with Crippen LogP contribution in [-0.2, 0) is 0 Å². The van der Waals surface area contributed by atoms with Gasteiger partial charge in [-0.1, -0.05) is 46.3 Å². The molecule has 1 unspecified atom stereocenters. The molecule has 1 rings (SSSR count). The van der Waals surface area contributed by atoms with Crippen molar-refractivity contribution in [3.63, 3.8) is 0 Å². The van der Waals surface area contributed by atoms with Crippen LogP contribution < -0.4 is 0 Å². The maximum atomic E-state index is 2.49. The highest BCUT2D eigenvalue weighted by molar-refractivity contribution is 5.17. The van der Waals surface area contributed by atoms with Crippen LogP contribution in [0.25, 0.3) is 0 Å². The molecule has 0 saturated heterocycles. The minimum absolute atomic E-state index is 0.373. The first kappa shape index (κ1) is 10.8. The third kappa shape index (κ3) is 1.68. The van der Waals surface area contributed by atoms with E-state index in [4.69, 9.17) is 0 Å². The van der Waals surface area contributed by atoms with Crippen LogP contribution in [0, 0.1) is 16.7 Å². The van der Waals surface area contributed by atoms with Gasteiger partial charge in [-0.25, -0.2) is 0 Å². The fourth-order valence-corrected chi connectivity index (χ4v) is 2.59. The van der Waals surface area contributed by atoms with Crippen LogP contribution in [0.1, 0.15) is 54.4 Å². The van der Waals surface area contributed by atoms with Crippen molar-refractivity contribution >= 4 is 0 Å². The Bertz CT molecular complexity index is 222. The van der Waals surface area contributed by atoms with Crippen LogP contribution in [0.2, 0.25) is 0 Å². The minimum Gasteiger partial charge on any atom is -0.0791 e. The monoisotopic (exact) mass is 180 g/mol. The van der Waals surface area contributed by atoms with Gasteiger partial charge in [0.1, 0.15) is 0 Å². The van der Waals surface area contributed by atoms with Crippen LogP contribution in [0.5, 0.6) is 0 Å². The quantitative estimate of drug-likeness (QED) is 0.524. The predicted octanol–water partition coefficient (Wildman–Crippen LogP) is 4.42. The molecule has 0 aromatic rings. The van der Waals surface area contributed by atoms with Gasteiger partial charge in [0.05, 0.1) is 0 Å². The van der Waals surface area contributed by atoms with Crippen LogP contribution in [0.15, 0.2) is 11.6 Å². The van der Waals surface area contributed by atoms with E-state index >= 15 is 0 Å². The van der Waals surface area contributed by atoms with Crippen molar-refractivity contribution in [2.24, 2.45) is 16.7 Å². The highest BCUT2D eigenvalue weighted by atomic mass is 14.5. The SMILES string of the molecule is CCC1(C)C[C@H](C)C(C)=CC1(C)C. The van der Waals surface area contributed by atoms with E-state index in [1.807, 2.05) is 0 Å². The summed E-state index contributed by atoms with van der Waals surface area (Å²) in [6.45, 7) is 14.2. The van der Waals surface area contributed by atoms with Gasteiger partial charge in [-0.2, -0.15) is 0 Å². The number of allylic oxidation sites excluding steroid dienone is 2. The van der Waals surface area contributed by atoms with Crippen molar-refractivity contribution in [2.75, 3.05) is 0 Å². The van der Waals surface area contributed by atoms with Crippen LogP contribution in [0.3, 0.4) is 0 Å². The summed E-state index contributed by atoms with van der Waals surface area (Å²) < 4.78 is 0. The zero-order valence-corrected chi connectivity index (χ0v) is 10.1. The Morgan fingerprint density at radius 3 is 2.38 bits per heavy atom. The van der Waals surface area contributed by atoms with Crippen LogP contribution in [0.4, 0.5) is 0 Å². The van der Waals surface area contributed by atoms with Gasteiger partial charge < -0.3 is 0 Å². The van der Waals surface area contributed by atoms with Gasteiger partial charge in [0, 0.05) is 0 Å². The first-order chi connectivity index (χ1) is 5.82. The van der Waals surface area contributed by atoms with E-state index in [2.05, 4.69) is 47.6 Å². The molecule has 0 aromatic carbocycles. The molecule has 0 heteroatoms. The molecule has 0 aliphatic heterocycles. The Morgan fingerprint density at radius 2 is 1.92 bits per heavy atom.